The van der Waals surface area contributed by atoms with Gasteiger partial charge in [-0.1, -0.05) is 48.0 Å². The van der Waals surface area contributed by atoms with Gasteiger partial charge in [0.15, 0.2) is 0 Å². The number of benzene rings is 3. The van der Waals surface area contributed by atoms with Gasteiger partial charge < -0.3 is 10.3 Å². The molecule has 0 aliphatic heterocycles. The minimum atomic E-state index is -0.194. The van der Waals surface area contributed by atoms with E-state index in [1.807, 2.05) is 36.4 Å². The summed E-state index contributed by atoms with van der Waals surface area (Å²) in [6.07, 6.45) is 0. The summed E-state index contributed by atoms with van der Waals surface area (Å²) < 4.78 is 0. The molecule has 5 heteroatoms. The molecular formula is C20H14ClN3O. The van der Waals surface area contributed by atoms with Crippen LogP contribution < -0.4 is 5.32 Å². The molecule has 0 atom stereocenters. The van der Waals surface area contributed by atoms with Crippen molar-refractivity contribution >= 4 is 34.2 Å². The summed E-state index contributed by atoms with van der Waals surface area (Å²) in [5.41, 5.74) is 3.85. The van der Waals surface area contributed by atoms with Crippen LogP contribution in [-0.4, -0.2) is 15.9 Å². The quantitative estimate of drug-likeness (QED) is 0.539. The normalized spacial score (nSPS) is 10.8. The summed E-state index contributed by atoms with van der Waals surface area (Å²) in [5.74, 6) is 0.586. The van der Waals surface area contributed by atoms with Crippen molar-refractivity contribution in [1.29, 1.82) is 0 Å². The second-order valence-corrected chi connectivity index (χ2v) is 6.08. The third-order valence-corrected chi connectivity index (χ3v) is 4.11. The molecule has 0 unspecified atom stereocenters. The van der Waals surface area contributed by atoms with Crippen LogP contribution in [0.25, 0.3) is 22.4 Å². The molecule has 2 N–H and O–H groups in total. The minimum Gasteiger partial charge on any atom is -0.338 e. The summed E-state index contributed by atoms with van der Waals surface area (Å²) in [5, 5.41) is 3.42. The molecule has 25 heavy (non-hydrogen) atoms. The van der Waals surface area contributed by atoms with Gasteiger partial charge in [-0.25, -0.2) is 4.98 Å². The number of imidazole rings is 1. The number of halogens is 1. The smallest absolute Gasteiger partial charge is 0.255 e. The first kappa shape index (κ1) is 15.4. The zero-order chi connectivity index (χ0) is 17.2. The monoisotopic (exact) mass is 347 g/mol. The van der Waals surface area contributed by atoms with E-state index in [0.717, 1.165) is 22.4 Å². The molecule has 0 fully saturated rings. The number of H-pyrrole nitrogens is 1. The van der Waals surface area contributed by atoms with Crippen LogP contribution in [0.4, 0.5) is 5.69 Å². The molecule has 0 bridgehead atoms. The molecular weight excluding hydrogens is 334 g/mol. The number of anilines is 1. The van der Waals surface area contributed by atoms with E-state index in [9.17, 15) is 4.79 Å². The number of nitrogens with one attached hydrogen (secondary N) is 2. The molecule has 1 amide bonds. The maximum Gasteiger partial charge on any atom is 0.255 e. The largest absolute Gasteiger partial charge is 0.338 e. The zero-order valence-corrected chi connectivity index (χ0v) is 13.9. The number of hydrogen-bond donors (Lipinski definition) is 2. The van der Waals surface area contributed by atoms with Crippen LogP contribution >= 0.6 is 11.6 Å². The van der Waals surface area contributed by atoms with Gasteiger partial charge in [0, 0.05) is 21.8 Å². The van der Waals surface area contributed by atoms with E-state index in [1.54, 1.807) is 36.4 Å². The molecule has 0 radical (unpaired) electrons. The number of hydrogen-bond acceptors (Lipinski definition) is 2. The van der Waals surface area contributed by atoms with Crippen molar-refractivity contribution in [2.75, 3.05) is 5.32 Å². The van der Waals surface area contributed by atoms with Crippen molar-refractivity contribution < 1.29 is 4.79 Å². The fraction of sp³-hybridized carbons (Fsp3) is 0. The van der Waals surface area contributed by atoms with E-state index in [1.165, 1.54) is 0 Å². The molecule has 0 saturated carbocycles. The van der Waals surface area contributed by atoms with Gasteiger partial charge in [-0.15, -0.1) is 0 Å². The summed E-state index contributed by atoms with van der Waals surface area (Å²) in [4.78, 5) is 20.3. The lowest BCUT2D eigenvalue weighted by molar-refractivity contribution is 0.102. The van der Waals surface area contributed by atoms with Crippen molar-refractivity contribution in [3.05, 3.63) is 83.4 Å². The number of aromatic amines is 1. The fourth-order valence-electron chi connectivity index (χ4n) is 2.65. The Kier molecular flexibility index (Phi) is 3.96. The molecule has 0 saturated heterocycles. The van der Waals surface area contributed by atoms with Crippen LogP contribution in [0.15, 0.2) is 72.8 Å². The summed E-state index contributed by atoms with van der Waals surface area (Å²) in [6, 6.07) is 22.3. The van der Waals surface area contributed by atoms with Crippen LogP contribution in [0.3, 0.4) is 0 Å². The molecule has 3 aromatic carbocycles. The molecule has 0 aliphatic rings. The first-order valence-electron chi connectivity index (χ1n) is 7.81. The standard InChI is InChI=1S/C20H14ClN3O/c21-15-7-4-8-16(12-15)22-20(25)14-9-10-17-18(11-14)24-19(23-17)13-5-2-1-3-6-13/h1-12H,(H,22,25)(H,23,24). The Hall–Kier alpha value is -3.11. The topological polar surface area (TPSA) is 57.8 Å². The van der Waals surface area contributed by atoms with Gasteiger partial charge >= 0.3 is 0 Å². The highest BCUT2D eigenvalue weighted by Gasteiger charge is 2.10. The number of rotatable bonds is 3. The van der Waals surface area contributed by atoms with E-state index in [2.05, 4.69) is 15.3 Å². The maximum absolute atomic E-state index is 12.5. The highest BCUT2D eigenvalue weighted by molar-refractivity contribution is 6.31. The van der Waals surface area contributed by atoms with Crippen molar-refractivity contribution in [3.8, 4) is 11.4 Å². The number of nitrogens with zero attached hydrogens (tertiary/aromatic N) is 1. The lowest BCUT2D eigenvalue weighted by Gasteiger charge is -2.05. The van der Waals surface area contributed by atoms with Gasteiger partial charge in [-0.3, -0.25) is 4.79 Å². The first-order chi connectivity index (χ1) is 12.2. The van der Waals surface area contributed by atoms with Crippen LogP contribution in [0.5, 0.6) is 0 Å². The van der Waals surface area contributed by atoms with E-state index < -0.39 is 0 Å². The van der Waals surface area contributed by atoms with Gasteiger partial charge in [-0.2, -0.15) is 0 Å². The average Bonchev–Trinajstić information content (AvgIpc) is 3.06. The molecule has 1 aromatic heterocycles. The average molecular weight is 348 g/mol. The zero-order valence-electron chi connectivity index (χ0n) is 13.2. The van der Waals surface area contributed by atoms with Gasteiger partial charge in [0.2, 0.25) is 0 Å². The fourth-order valence-corrected chi connectivity index (χ4v) is 2.84. The highest BCUT2D eigenvalue weighted by atomic mass is 35.5. The van der Waals surface area contributed by atoms with Crippen molar-refractivity contribution in [2.24, 2.45) is 0 Å². The Morgan fingerprint density at radius 3 is 2.60 bits per heavy atom. The third-order valence-electron chi connectivity index (χ3n) is 3.87. The van der Waals surface area contributed by atoms with Crippen LogP contribution in [0.1, 0.15) is 10.4 Å². The first-order valence-corrected chi connectivity index (χ1v) is 8.19. The van der Waals surface area contributed by atoms with Crippen molar-refractivity contribution in [1.82, 2.24) is 9.97 Å². The predicted octanol–water partition coefficient (Wildman–Crippen LogP) is 5.14. The number of aromatic nitrogens is 2. The number of carbonyl (C=O) groups is 1. The maximum atomic E-state index is 12.5. The molecule has 122 valence electrons. The lowest BCUT2D eigenvalue weighted by atomic mass is 10.2. The number of carbonyl (C=O) groups excluding carboxylic acids is 1. The Morgan fingerprint density at radius 1 is 0.960 bits per heavy atom. The second-order valence-electron chi connectivity index (χ2n) is 5.65. The Bertz CT molecular complexity index is 1060. The highest BCUT2D eigenvalue weighted by Crippen LogP contribution is 2.22. The SMILES string of the molecule is O=C(Nc1cccc(Cl)c1)c1ccc2nc(-c3ccccc3)[nH]c2c1. The predicted molar refractivity (Wildman–Crippen MR) is 101 cm³/mol. The molecule has 0 spiro atoms. The van der Waals surface area contributed by atoms with Crippen molar-refractivity contribution in [3.63, 3.8) is 0 Å². The Morgan fingerprint density at radius 2 is 1.80 bits per heavy atom. The Balaban J connectivity index is 1.63. The third kappa shape index (κ3) is 3.25. The van der Waals surface area contributed by atoms with E-state index in [0.29, 0.717) is 16.3 Å². The van der Waals surface area contributed by atoms with Gasteiger partial charge in [0.1, 0.15) is 5.82 Å². The molecule has 4 nitrogen and oxygen atoms in total. The summed E-state index contributed by atoms with van der Waals surface area (Å²) >= 11 is 5.95. The van der Waals surface area contributed by atoms with Gasteiger partial charge in [-0.05, 0) is 36.4 Å². The summed E-state index contributed by atoms with van der Waals surface area (Å²) in [7, 11) is 0. The number of fused-ring (bicyclic) bond motifs is 1. The minimum absolute atomic E-state index is 0.194. The molecule has 4 rings (SSSR count). The van der Waals surface area contributed by atoms with Gasteiger partial charge in [0.05, 0.1) is 11.0 Å². The van der Waals surface area contributed by atoms with Gasteiger partial charge in [0.25, 0.3) is 5.91 Å². The van der Waals surface area contributed by atoms with E-state index in [-0.39, 0.29) is 5.91 Å². The van der Waals surface area contributed by atoms with Crippen molar-refractivity contribution in [2.45, 2.75) is 0 Å². The molecule has 0 aliphatic carbocycles. The van der Waals surface area contributed by atoms with E-state index in [4.69, 9.17) is 11.6 Å². The molecule has 1 heterocycles. The Labute approximate surface area is 149 Å². The van der Waals surface area contributed by atoms with E-state index >= 15 is 0 Å². The lowest BCUT2D eigenvalue weighted by Crippen LogP contribution is -2.11. The number of amides is 1. The summed E-state index contributed by atoms with van der Waals surface area (Å²) in [6.45, 7) is 0. The second kappa shape index (κ2) is 6.42. The van der Waals surface area contributed by atoms with Crippen LogP contribution in [-0.2, 0) is 0 Å². The van der Waals surface area contributed by atoms with Crippen LogP contribution in [0, 0.1) is 0 Å². The van der Waals surface area contributed by atoms with Crippen LogP contribution in [0.2, 0.25) is 5.02 Å². The molecule has 4 aromatic rings.